The summed E-state index contributed by atoms with van der Waals surface area (Å²) in [6.45, 7) is 4.48. The highest BCUT2D eigenvalue weighted by atomic mass is 16.5. The molecule has 134 valence electrons. The standard InChI is InChI=1S/C19H25N3O3/c1-3-14-4-6-16(7-5-14)25-12-15(23)10-22-9-8-18-17(11-22)19(24-2)21-13-20-18/h4-7,13,15,23H,3,8-12H2,1-2H3/t15-/m0/s1. The van der Waals surface area contributed by atoms with Crippen LogP contribution >= 0.6 is 0 Å². The summed E-state index contributed by atoms with van der Waals surface area (Å²) < 4.78 is 11.0. The summed E-state index contributed by atoms with van der Waals surface area (Å²) in [4.78, 5) is 10.7. The number of aromatic nitrogens is 2. The SMILES string of the molecule is CCc1ccc(OC[C@@H](O)CN2CCc3ncnc(OC)c3C2)cc1. The monoisotopic (exact) mass is 343 g/mol. The lowest BCUT2D eigenvalue weighted by atomic mass is 10.1. The molecule has 0 saturated carbocycles. The smallest absolute Gasteiger partial charge is 0.220 e. The van der Waals surface area contributed by atoms with Crippen LogP contribution in [0.2, 0.25) is 0 Å². The highest BCUT2D eigenvalue weighted by molar-refractivity contribution is 5.31. The van der Waals surface area contributed by atoms with E-state index >= 15 is 0 Å². The molecule has 0 bridgehead atoms. The van der Waals surface area contributed by atoms with Gasteiger partial charge in [0.2, 0.25) is 5.88 Å². The summed E-state index contributed by atoms with van der Waals surface area (Å²) in [5.74, 6) is 1.41. The molecule has 1 aromatic heterocycles. The lowest BCUT2D eigenvalue weighted by Crippen LogP contribution is -2.39. The van der Waals surface area contributed by atoms with Crippen molar-refractivity contribution in [3.05, 3.63) is 47.4 Å². The summed E-state index contributed by atoms with van der Waals surface area (Å²) in [5.41, 5.74) is 3.32. The third kappa shape index (κ3) is 4.46. The minimum absolute atomic E-state index is 0.275. The fraction of sp³-hybridized carbons (Fsp3) is 0.474. The molecule has 0 fully saturated rings. The largest absolute Gasteiger partial charge is 0.491 e. The summed E-state index contributed by atoms with van der Waals surface area (Å²) in [5, 5.41) is 10.3. The summed E-state index contributed by atoms with van der Waals surface area (Å²) in [7, 11) is 1.62. The molecule has 0 amide bonds. The highest BCUT2D eigenvalue weighted by Crippen LogP contribution is 2.24. The minimum atomic E-state index is -0.553. The molecule has 1 aliphatic rings. The van der Waals surface area contributed by atoms with Gasteiger partial charge in [0.25, 0.3) is 0 Å². The molecule has 2 aromatic rings. The van der Waals surface area contributed by atoms with Gasteiger partial charge in [0.1, 0.15) is 24.8 Å². The predicted molar refractivity (Wildman–Crippen MR) is 94.9 cm³/mol. The van der Waals surface area contributed by atoms with Gasteiger partial charge in [-0.1, -0.05) is 19.1 Å². The van der Waals surface area contributed by atoms with Crippen LogP contribution in [0.4, 0.5) is 0 Å². The number of rotatable bonds is 7. The molecule has 1 aromatic carbocycles. The Morgan fingerprint density at radius 1 is 1.24 bits per heavy atom. The van der Waals surface area contributed by atoms with E-state index in [-0.39, 0.29) is 6.61 Å². The Hall–Kier alpha value is -2.18. The molecule has 0 spiro atoms. The molecule has 0 radical (unpaired) electrons. The molecular formula is C19H25N3O3. The first kappa shape index (κ1) is 17.6. The molecule has 1 aliphatic heterocycles. The average Bonchev–Trinajstić information content (AvgIpc) is 2.66. The Labute approximate surface area is 148 Å². The molecule has 1 atom stereocenters. The molecule has 1 N–H and O–H groups in total. The van der Waals surface area contributed by atoms with Crippen LogP contribution in [0, 0.1) is 0 Å². The number of aliphatic hydroxyl groups excluding tert-OH is 1. The Kier molecular flexibility index (Phi) is 5.83. The fourth-order valence-corrected chi connectivity index (χ4v) is 3.07. The predicted octanol–water partition coefficient (Wildman–Crippen LogP) is 1.85. The zero-order chi connectivity index (χ0) is 17.6. The summed E-state index contributed by atoms with van der Waals surface area (Å²) >= 11 is 0. The molecule has 0 unspecified atom stereocenters. The third-order valence-electron chi connectivity index (χ3n) is 4.48. The Morgan fingerprint density at radius 2 is 2.04 bits per heavy atom. The molecule has 3 rings (SSSR count). The summed E-state index contributed by atoms with van der Waals surface area (Å²) in [6.07, 6.45) is 2.83. The van der Waals surface area contributed by atoms with Crippen molar-refractivity contribution in [1.29, 1.82) is 0 Å². The van der Waals surface area contributed by atoms with Gasteiger partial charge in [-0.25, -0.2) is 9.97 Å². The van der Waals surface area contributed by atoms with Gasteiger partial charge in [-0.2, -0.15) is 0 Å². The van der Waals surface area contributed by atoms with E-state index in [9.17, 15) is 5.11 Å². The quantitative estimate of drug-likeness (QED) is 0.827. The van der Waals surface area contributed by atoms with Crippen molar-refractivity contribution in [2.45, 2.75) is 32.4 Å². The van der Waals surface area contributed by atoms with Crippen LogP contribution in [0.15, 0.2) is 30.6 Å². The van der Waals surface area contributed by atoms with E-state index in [2.05, 4.69) is 33.9 Å². The van der Waals surface area contributed by atoms with Crippen molar-refractivity contribution >= 4 is 0 Å². The van der Waals surface area contributed by atoms with Crippen LogP contribution in [0.5, 0.6) is 11.6 Å². The van der Waals surface area contributed by atoms with Crippen molar-refractivity contribution in [3.63, 3.8) is 0 Å². The number of hydrogen-bond acceptors (Lipinski definition) is 6. The second-order valence-electron chi connectivity index (χ2n) is 6.26. The molecule has 6 heteroatoms. The maximum absolute atomic E-state index is 10.3. The number of benzene rings is 1. The maximum atomic E-state index is 10.3. The summed E-state index contributed by atoms with van der Waals surface area (Å²) in [6, 6.07) is 8.00. The number of hydrogen-bond donors (Lipinski definition) is 1. The highest BCUT2D eigenvalue weighted by Gasteiger charge is 2.23. The van der Waals surface area contributed by atoms with Crippen LogP contribution in [0.3, 0.4) is 0 Å². The Morgan fingerprint density at radius 3 is 2.76 bits per heavy atom. The van der Waals surface area contributed by atoms with Gasteiger partial charge in [-0.15, -0.1) is 0 Å². The normalized spacial score (nSPS) is 15.5. The van der Waals surface area contributed by atoms with E-state index in [0.29, 0.717) is 19.0 Å². The van der Waals surface area contributed by atoms with E-state index in [0.717, 1.165) is 36.4 Å². The topological polar surface area (TPSA) is 67.7 Å². The lowest BCUT2D eigenvalue weighted by molar-refractivity contribution is 0.0630. The molecular weight excluding hydrogens is 318 g/mol. The second-order valence-corrected chi connectivity index (χ2v) is 6.26. The van der Waals surface area contributed by atoms with Gasteiger partial charge in [-0.3, -0.25) is 4.90 Å². The lowest BCUT2D eigenvalue weighted by Gasteiger charge is -2.30. The van der Waals surface area contributed by atoms with Crippen LogP contribution in [0.1, 0.15) is 23.7 Å². The number of ether oxygens (including phenoxy) is 2. The van der Waals surface area contributed by atoms with Crippen molar-refractivity contribution in [1.82, 2.24) is 14.9 Å². The first-order valence-electron chi connectivity index (χ1n) is 8.68. The maximum Gasteiger partial charge on any atom is 0.220 e. The fourth-order valence-electron chi connectivity index (χ4n) is 3.07. The van der Waals surface area contributed by atoms with Gasteiger partial charge in [0.05, 0.1) is 12.8 Å². The van der Waals surface area contributed by atoms with Crippen molar-refractivity contribution in [3.8, 4) is 11.6 Å². The molecule has 0 aliphatic carbocycles. The van der Waals surface area contributed by atoms with E-state index in [4.69, 9.17) is 9.47 Å². The number of fused-ring (bicyclic) bond motifs is 1. The van der Waals surface area contributed by atoms with Crippen LogP contribution in [-0.4, -0.2) is 52.9 Å². The number of methoxy groups -OCH3 is 1. The molecule has 25 heavy (non-hydrogen) atoms. The first-order valence-corrected chi connectivity index (χ1v) is 8.68. The van der Waals surface area contributed by atoms with Crippen LogP contribution < -0.4 is 9.47 Å². The van der Waals surface area contributed by atoms with Gasteiger partial charge < -0.3 is 14.6 Å². The van der Waals surface area contributed by atoms with Crippen molar-refractivity contribution in [2.75, 3.05) is 26.8 Å². The van der Waals surface area contributed by atoms with Crippen LogP contribution in [0.25, 0.3) is 0 Å². The number of nitrogens with zero attached hydrogens (tertiary/aromatic N) is 3. The van der Waals surface area contributed by atoms with Gasteiger partial charge in [0.15, 0.2) is 0 Å². The van der Waals surface area contributed by atoms with Gasteiger partial charge in [0, 0.05) is 31.6 Å². The van der Waals surface area contributed by atoms with Gasteiger partial charge in [-0.05, 0) is 24.1 Å². The molecule has 0 saturated heterocycles. The second kappa shape index (κ2) is 8.27. The molecule has 2 heterocycles. The van der Waals surface area contributed by atoms with Crippen molar-refractivity contribution in [2.24, 2.45) is 0 Å². The zero-order valence-electron chi connectivity index (χ0n) is 14.8. The zero-order valence-corrected chi connectivity index (χ0v) is 14.8. The van der Waals surface area contributed by atoms with Gasteiger partial charge >= 0.3 is 0 Å². The minimum Gasteiger partial charge on any atom is -0.491 e. The number of aryl methyl sites for hydroxylation is 1. The number of aliphatic hydroxyl groups is 1. The van der Waals surface area contributed by atoms with E-state index in [1.54, 1.807) is 13.4 Å². The number of β-amino-alcohol motifs (C(OH)–C–C–N with tert-alkyl or cyclic N) is 1. The Bertz CT molecular complexity index is 677. The van der Waals surface area contributed by atoms with E-state index in [1.165, 1.54) is 5.56 Å². The Balaban J connectivity index is 1.52. The van der Waals surface area contributed by atoms with E-state index < -0.39 is 6.10 Å². The average molecular weight is 343 g/mol. The third-order valence-corrected chi connectivity index (χ3v) is 4.48. The van der Waals surface area contributed by atoms with E-state index in [1.807, 2.05) is 12.1 Å². The molecule has 6 nitrogen and oxygen atoms in total. The van der Waals surface area contributed by atoms with Crippen LogP contribution in [-0.2, 0) is 19.4 Å². The van der Waals surface area contributed by atoms with Crippen molar-refractivity contribution < 1.29 is 14.6 Å². The first-order chi connectivity index (χ1) is 12.2.